The van der Waals surface area contributed by atoms with E-state index in [0.29, 0.717) is 24.2 Å². The number of nitrogens with two attached hydrogens (primary N) is 1. The zero-order valence-electron chi connectivity index (χ0n) is 11.7. The van der Waals surface area contributed by atoms with E-state index in [1.165, 1.54) is 0 Å². The number of H-pyrrole nitrogens is 1. The summed E-state index contributed by atoms with van der Waals surface area (Å²) >= 11 is 0. The lowest BCUT2D eigenvalue weighted by Crippen LogP contribution is -2.36. The van der Waals surface area contributed by atoms with Gasteiger partial charge in [-0.25, -0.2) is 0 Å². The Morgan fingerprint density at radius 3 is 2.67 bits per heavy atom. The molecule has 0 amide bonds. The van der Waals surface area contributed by atoms with Gasteiger partial charge in [-0.3, -0.25) is 5.10 Å². The SMILES string of the molecule is NCC1CCN(c2n[nH]c(CCOCC(F)(F)F)n2)CC1. The van der Waals surface area contributed by atoms with Crippen molar-refractivity contribution in [1.29, 1.82) is 0 Å². The minimum Gasteiger partial charge on any atom is -0.372 e. The van der Waals surface area contributed by atoms with Gasteiger partial charge in [0, 0.05) is 19.5 Å². The molecule has 0 aromatic carbocycles. The quantitative estimate of drug-likeness (QED) is 0.769. The van der Waals surface area contributed by atoms with Crippen molar-refractivity contribution >= 4 is 5.95 Å². The first kappa shape index (κ1) is 16.0. The predicted octanol–water partition coefficient (Wildman–Crippen LogP) is 1.10. The molecule has 9 heteroatoms. The highest BCUT2D eigenvalue weighted by molar-refractivity contribution is 5.29. The normalized spacial score (nSPS) is 17.4. The van der Waals surface area contributed by atoms with Crippen molar-refractivity contribution in [2.45, 2.75) is 25.4 Å². The van der Waals surface area contributed by atoms with Gasteiger partial charge in [0.1, 0.15) is 12.4 Å². The third-order valence-corrected chi connectivity index (χ3v) is 3.50. The number of halogens is 3. The molecule has 120 valence electrons. The van der Waals surface area contributed by atoms with Crippen molar-refractivity contribution in [2.24, 2.45) is 11.7 Å². The molecule has 1 aliphatic rings. The Morgan fingerprint density at radius 2 is 2.05 bits per heavy atom. The molecule has 2 rings (SSSR count). The van der Waals surface area contributed by atoms with Gasteiger partial charge in [-0.1, -0.05) is 0 Å². The molecule has 0 saturated carbocycles. The minimum atomic E-state index is -4.29. The monoisotopic (exact) mass is 307 g/mol. The molecule has 0 unspecified atom stereocenters. The zero-order chi connectivity index (χ0) is 15.3. The number of nitrogens with one attached hydrogen (secondary N) is 1. The molecule has 0 spiro atoms. The van der Waals surface area contributed by atoms with Crippen LogP contribution in [0.1, 0.15) is 18.7 Å². The average molecular weight is 307 g/mol. The summed E-state index contributed by atoms with van der Waals surface area (Å²) in [6.07, 6.45) is -1.99. The third-order valence-electron chi connectivity index (χ3n) is 3.50. The number of anilines is 1. The fourth-order valence-electron chi connectivity index (χ4n) is 2.26. The highest BCUT2D eigenvalue weighted by Gasteiger charge is 2.27. The second-order valence-corrected chi connectivity index (χ2v) is 5.17. The van der Waals surface area contributed by atoms with E-state index in [2.05, 4.69) is 24.8 Å². The van der Waals surface area contributed by atoms with Crippen molar-refractivity contribution in [2.75, 3.05) is 37.7 Å². The molecular formula is C12H20F3N5O. The summed E-state index contributed by atoms with van der Waals surface area (Å²) in [6, 6.07) is 0. The number of aromatic nitrogens is 3. The summed E-state index contributed by atoms with van der Waals surface area (Å²) in [5.41, 5.74) is 5.64. The summed E-state index contributed by atoms with van der Waals surface area (Å²) in [5, 5.41) is 6.84. The van der Waals surface area contributed by atoms with Crippen molar-refractivity contribution in [3.8, 4) is 0 Å². The fourth-order valence-corrected chi connectivity index (χ4v) is 2.26. The van der Waals surface area contributed by atoms with Gasteiger partial charge in [0.05, 0.1) is 6.61 Å². The summed E-state index contributed by atoms with van der Waals surface area (Å²) in [7, 11) is 0. The van der Waals surface area contributed by atoms with E-state index in [0.717, 1.165) is 25.9 Å². The Hall–Kier alpha value is -1.35. The number of aromatic amines is 1. The first-order valence-corrected chi connectivity index (χ1v) is 6.98. The largest absolute Gasteiger partial charge is 0.411 e. The molecule has 1 aromatic heterocycles. The van der Waals surface area contributed by atoms with Gasteiger partial charge < -0.3 is 15.4 Å². The number of piperidine rings is 1. The number of rotatable bonds is 6. The van der Waals surface area contributed by atoms with Crippen LogP contribution in [0, 0.1) is 5.92 Å². The molecule has 0 aliphatic carbocycles. The average Bonchev–Trinajstić information content (AvgIpc) is 2.91. The molecule has 0 bridgehead atoms. The van der Waals surface area contributed by atoms with Crippen LogP contribution in [0.5, 0.6) is 0 Å². The maximum absolute atomic E-state index is 11.9. The third kappa shape index (κ3) is 5.16. The zero-order valence-corrected chi connectivity index (χ0v) is 11.7. The highest BCUT2D eigenvalue weighted by Crippen LogP contribution is 2.19. The number of ether oxygens (including phenoxy) is 1. The Labute approximate surface area is 120 Å². The summed E-state index contributed by atoms with van der Waals surface area (Å²) in [4.78, 5) is 6.34. The lowest BCUT2D eigenvalue weighted by Gasteiger charge is -2.30. The van der Waals surface area contributed by atoms with Gasteiger partial charge in [-0.2, -0.15) is 18.2 Å². The Balaban J connectivity index is 1.74. The molecule has 3 N–H and O–H groups in total. The van der Waals surface area contributed by atoms with Crippen LogP contribution < -0.4 is 10.6 Å². The maximum atomic E-state index is 11.9. The molecule has 2 heterocycles. The van der Waals surface area contributed by atoms with Crippen molar-refractivity contribution < 1.29 is 17.9 Å². The van der Waals surface area contributed by atoms with Crippen LogP contribution in [0.15, 0.2) is 0 Å². The van der Waals surface area contributed by atoms with Gasteiger partial charge in [0.15, 0.2) is 0 Å². The van der Waals surface area contributed by atoms with E-state index in [4.69, 9.17) is 5.73 Å². The first-order valence-electron chi connectivity index (χ1n) is 6.98. The van der Waals surface area contributed by atoms with Gasteiger partial charge in [-0.05, 0) is 25.3 Å². The fraction of sp³-hybridized carbons (Fsp3) is 0.833. The Bertz CT molecular complexity index is 429. The van der Waals surface area contributed by atoms with Crippen molar-refractivity contribution in [3.05, 3.63) is 5.82 Å². The van der Waals surface area contributed by atoms with E-state index >= 15 is 0 Å². The van der Waals surface area contributed by atoms with E-state index in [1.807, 2.05) is 0 Å². The molecule has 0 radical (unpaired) electrons. The van der Waals surface area contributed by atoms with Crippen LogP contribution in [0.2, 0.25) is 0 Å². The molecule has 1 aromatic rings. The van der Waals surface area contributed by atoms with Gasteiger partial charge in [0.2, 0.25) is 5.95 Å². The van der Waals surface area contributed by atoms with Crippen LogP contribution in [0.4, 0.5) is 19.1 Å². The van der Waals surface area contributed by atoms with E-state index < -0.39 is 12.8 Å². The van der Waals surface area contributed by atoms with Crippen LogP contribution in [-0.4, -0.2) is 54.2 Å². The number of nitrogens with zero attached hydrogens (tertiary/aromatic N) is 3. The van der Waals surface area contributed by atoms with Crippen molar-refractivity contribution in [3.63, 3.8) is 0 Å². The molecule has 21 heavy (non-hydrogen) atoms. The molecule has 1 aliphatic heterocycles. The minimum absolute atomic E-state index is 0.0383. The molecular weight excluding hydrogens is 287 g/mol. The van der Waals surface area contributed by atoms with Gasteiger partial charge >= 0.3 is 6.18 Å². The van der Waals surface area contributed by atoms with E-state index in [-0.39, 0.29) is 13.0 Å². The second kappa shape index (κ2) is 7.08. The number of hydrogen-bond donors (Lipinski definition) is 2. The van der Waals surface area contributed by atoms with Crippen LogP contribution >= 0.6 is 0 Å². The first-order chi connectivity index (χ1) is 9.98. The summed E-state index contributed by atoms with van der Waals surface area (Å²) in [6.45, 7) is 1.13. The number of hydrogen-bond acceptors (Lipinski definition) is 5. The predicted molar refractivity (Wildman–Crippen MR) is 71.0 cm³/mol. The van der Waals surface area contributed by atoms with E-state index in [9.17, 15) is 13.2 Å². The Morgan fingerprint density at radius 1 is 1.33 bits per heavy atom. The molecule has 1 fully saturated rings. The molecule has 6 nitrogen and oxygen atoms in total. The van der Waals surface area contributed by atoms with Crippen molar-refractivity contribution in [1.82, 2.24) is 15.2 Å². The van der Waals surface area contributed by atoms with Crippen LogP contribution in [0.25, 0.3) is 0 Å². The second-order valence-electron chi connectivity index (χ2n) is 5.17. The standard InChI is InChI=1S/C12H20F3N5O/c13-12(14,15)8-21-6-3-10-17-11(19-18-10)20-4-1-9(7-16)2-5-20/h9H,1-8,16H2,(H,17,18,19). The smallest absolute Gasteiger partial charge is 0.372 e. The molecule has 1 saturated heterocycles. The summed E-state index contributed by atoms with van der Waals surface area (Å²) < 4.78 is 40.3. The van der Waals surface area contributed by atoms with E-state index in [1.54, 1.807) is 0 Å². The topological polar surface area (TPSA) is 80.1 Å². The van der Waals surface area contributed by atoms with Gasteiger partial charge in [-0.15, -0.1) is 5.10 Å². The molecule has 0 atom stereocenters. The maximum Gasteiger partial charge on any atom is 0.411 e. The van der Waals surface area contributed by atoms with Crippen LogP contribution in [-0.2, 0) is 11.2 Å². The lowest BCUT2D eigenvalue weighted by molar-refractivity contribution is -0.173. The highest BCUT2D eigenvalue weighted by atomic mass is 19.4. The number of alkyl halides is 3. The Kier molecular flexibility index (Phi) is 5.40. The van der Waals surface area contributed by atoms with Crippen LogP contribution in [0.3, 0.4) is 0 Å². The summed E-state index contributed by atoms with van der Waals surface area (Å²) in [5.74, 6) is 1.68. The lowest BCUT2D eigenvalue weighted by atomic mass is 9.97. The van der Waals surface area contributed by atoms with Gasteiger partial charge in [0.25, 0.3) is 0 Å².